The Kier molecular flexibility index (Phi) is 6.73. The number of aromatic nitrogens is 2. The van der Waals surface area contributed by atoms with Crippen LogP contribution in [0, 0.1) is 0 Å². The molecular weight excluding hydrogens is 472 g/mol. The molecule has 34 heavy (non-hydrogen) atoms. The predicted octanol–water partition coefficient (Wildman–Crippen LogP) is 4.25. The number of hydrogen-bond acceptors (Lipinski definition) is 6. The third-order valence-corrected chi connectivity index (χ3v) is 6.92. The van der Waals surface area contributed by atoms with Crippen molar-refractivity contribution < 1.29 is 9.53 Å². The lowest BCUT2D eigenvalue weighted by atomic mass is 10.1. The molecule has 1 amide bonds. The highest BCUT2D eigenvalue weighted by Crippen LogP contribution is 2.31. The van der Waals surface area contributed by atoms with Crippen LogP contribution in [0.1, 0.15) is 5.56 Å². The lowest BCUT2D eigenvalue weighted by molar-refractivity contribution is -0.116. The van der Waals surface area contributed by atoms with E-state index in [-0.39, 0.29) is 18.0 Å². The number of morpholine rings is 1. The van der Waals surface area contributed by atoms with Crippen molar-refractivity contribution in [1.82, 2.24) is 14.5 Å². The molecule has 174 valence electrons. The second kappa shape index (κ2) is 10.1. The van der Waals surface area contributed by atoms with Crippen molar-refractivity contribution in [3.8, 4) is 11.1 Å². The van der Waals surface area contributed by atoms with Crippen molar-refractivity contribution in [2.45, 2.75) is 13.1 Å². The molecule has 0 unspecified atom stereocenters. The van der Waals surface area contributed by atoms with Crippen molar-refractivity contribution in [3.63, 3.8) is 0 Å². The first-order chi connectivity index (χ1) is 16.6. The number of thiophene rings is 1. The molecule has 2 aromatic heterocycles. The molecule has 0 spiro atoms. The first kappa shape index (κ1) is 22.7. The van der Waals surface area contributed by atoms with Crippen LogP contribution in [-0.4, -0.2) is 46.7 Å². The molecule has 9 heteroatoms. The number of benzene rings is 2. The number of hydrogen-bond donors (Lipinski definition) is 1. The monoisotopic (exact) mass is 494 g/mol. The summed E-state index contributed by atoms with van der Waals surface area (Å²) in [6.07, 6.45) is 1.43. The minimum atomic E-state index is -0.285. The molecule has 1 aliphatic heterocycles. The van der Waals surface area contributed by atoms with Crippen LogP contribution in [0.5, 0.6) is 0 Å². The molecule has 0 atom stereocenters. The fourth-order valence-corrected chi connectivity index (χ4v) is 5.02. The van der Waals surface area contributed by atoms with Gasteiger partial charge in [-0.25, -0.2) is 4.98 Å². The second-order valence-corrected chi connectivity index (χ2v) is 9.44. The van der Waals surface area contributed by atoms with E-state index in [4.69, 9.17) is 16.3 Å². The maximum atomic E-state index is 13.2. The van der Waals surface area contributed by atoms with E-state index in [1.807, 2.05) is 41.8 Å². The van der Waals surface area contributed by atoms with E-state index in [0.717, 1.165) is 44.0 Å². The van der Waals surface area contributed by atoms with Gasteiger partial charge < -0.3 is 10.1 Å². The van der Waals surface area contributed by atoms with E-state index >= 15 is 0 Å². The average Bonchev–Trinajstić information content (AvgIpc) is 3.28. The van der Waals surface area contributed by atoms with Gasteiger partial charge in [0.15, 0.2) is 0 Å². The average molecular weight is 495 g/mol. The van der Waals surface area contributed by atoms with E-state index in [1.165, 1.54) is 27.8 Å². The number of carbonyl (C=O) groups excluding carboxylic acids is 1. The van der Waals surface area contributed by atoms with Gasteiger partial charge in [-0.05, 0) is 35.4 Å². The zero-order valence-electron chi connectivity index (χ0n) is 18.4. The first-order valence-corrected chi connectivity index (χ1v) is 12.2. The van der Waals surface area contributed by atoms with Crippen LogP contribution >= 0.6 is 22.9 Å². The van der Waals surface area contributed by atoms with Crippen molar-refractivity contribution in [2.75, 3.05) is 31.6 Å². The van der Waals surface area contributed by atoms with Crippen LogP contribution in [-0.2, 0) is 22.6 Å². The van der Waals surface area contributed by atoms with Gasteiger partial charge >= 0.3 is 0 Å². The smallest absolute Gasteiger partial charge is 0.263 e. The molecule has 0 radical (unpaired) electrons. The molecule has 1 N–H and O–H groups in total. The van der Waals surface area contributed by atoms with Crippen molar-refractivity contribution >= 4 is 44.7 Å². The van der Waals surface area contributed by atoms with Crippen LogP contribution in [0.4, 0.5) is 5.69 Å². The fraction of sp³-hybridized carbons (Fsp3) is 0.240. The molecule has 7 nitrogen and oxygen atoms in total. The molecule has 1 aliphatic rings. The van der Waals surface area contributed by atoms with Crippen molar-refractivity contribution in [2.24, 2.45) is 0 Å². The lowest BCUT2D eigenvalue weighted by Gasteiger charge is -2.26. The Hall–Kier alpha value is -3.04. The van der Waals surface area contributed by atoms with Gasteiger partial charge in [-0.3, -0.25) is 19.1 Å². The number of amides is 1. The van der Waals surface area contributed by atoms with Gasteiger partial charge in [0.25, 0.3) is 5.56 Å². The number of rotatable bonds is 6. The zero-order chi connectivity index (χ0) is 23.5. The fourth-order valence-electron chi connectivity index (χ4n) is 3.99. The molecule has 2 aromatic carbocycles. The van der Waals surface area contributed by atoms with E-state index < -0.39 is 0 Å². The number of nitrogens with zero attached hydrogens (tertiary/aromatic N) is 3. The first-order valence-electron chi connectivity index (χ1n) is 11.0. The van der Waals surface area contributed by atoms with Crippen molar-refractivity contribution in [3.05, 3.63) is 81.2 Å². The quantitative estimate of drug-likeness (QED) is 0.433. The molecule has 0 saturated carbocycles. The number of anilines is 1. The minimum absolute atomic E-state index is 0.118. The highest BCUT2D eigenvalue weighted by molar-refractivity contribution is 7.17. The SMILES string of the molecule is O=C(Cn1cnc2scc(-c3ccc(Cl)cc3)c2c1=O)Nc1ccc(CN2CCOCC2)cc1. The van der Waals surface area contributed by atoms with Gasteiger partial charge in [0.2, 0.25) is 5.91 Å². The topological polar surface area (TPSA) is 76.5 Å². The molecular formula is C25H23ClN4O3S. The van der Waals surface area contributed by atoms with Crippen LogP contribution in [0.3, 0.4) is 0 Å². The largest absolute Gasteiger partial charge is 0.379 e. The molecule has 5 rings (SSSR count). The van der Waals surface area contributed by atoms with Gasteiger partial charge in [0.1, 0.15) is 11.4 Å². The molecule has 4 aromatic rings. The Balaban J connectivity index is 1.29. The molecule has 0 bridgehead atoms. The van der Waals surface area contributed by atoms with E-state index in [9.17, 15) is 9.59 Å². The summed E-state index contributed by atoms with van der Waals surface area (Å²) in [5.74, 6) is -0.285. The molecule has 1 saturated heterocycles. The van der Waals surface area contributed by atoms with Crippen LogP contribution in [0.25, 0.3) is 21.3 Å². The summed E-state index contributed by atoms with van der Waals surface area (Å²) in [5.41, 5.74) is 3.30. The molecule has 3 heterocycles. The number of halogens is 1. The summed E-state index contributed by atoms with van der Waals surface area (Å²) >= 11 is 7.40. The van der Waals surface area contributed by atoms with Gasteiger partial charge in [-0.2, -0.15) is 0 Å². The normalized spacial score (nSPS) is 14.4. The second-order valence-electron chi connectivity index (χ2n) is 8.15. The summed E-state index contributed by atoms with van der Waals surface area (Å²) in [7, 11) is 0. The highest BCUT2D eigenvalue weighted by atomic mass is 35.5. The maximum absolute atomic E-state index is 13.2. The third-order valence-electron chi connectivity index (χ3n) is 5.78. The van der Waals surface area contributed by atoms with Gasteiger partial charge in [0, 0.05) is 41.3 Å². The standard InChI is InChI=1S/C25H23ClN4O3S/c26-19-5-3-18(4-6-19)21-15-34-24-23(21)25(32)30(16-27-24)14-22(31)28-20-7-1-17(2-8-20)13-29-9-11-33-12-10-29/h1-8,15-16H,9-14H2,(H,28,31). The van der Waals surface area contributed by atoms with Gasteiger partial charge in [0.05, 0.1) is 24.9 Å². The Bertz CT molecular complexity index is 1360. The highest BCUT2D eigenvalue weighted by Gasteiger charge is 2.15. The summed E-state index contributed by atoms with van der Waals surface area (Å²) < 4.78 is 6.73. The van der Waals surface area contributed by atoms with E-state index in [1.54, 1.807) is 12.1 Å². The Morgan fingerprint density at radius 2 is 1.82 bits per heavy atom. The van der Waals surface area contributed by atoms with Crippen LogP contribution < -0.4 is 10.9 Å². The lowest BCUT2D eigenvalue weighted by Crippen LogP contribution is -2.35. The van der Waals surface area contributed by atoms with Gasteiger partial charge in [-0.1, -0.05) is 35.9 Å². The summed E-state index contributed by atoms with van der Waals surface area (Å²) in [6, 6.07) is 15.1. The zero-order valence-corrected chi connectivity index (χ0v) is 19.9. The van der Waals surface area contributed by atoms with Crippen LogP contribution in [0.15, 0.2) is 65.0 Å². The van der Waals surface area contributed by atoms with Crippen molar-refractivity contribution in [1.29, 1.82) is 0 Å². The predicted molar refractivity (Wildman–Crippen MR) is 135 cm³/mol. The third kappa shape index (κ3) is 5.05. The number of fused-ring (bicyclic) bond motifs is 1. The number of carbonyl (C=O) groups is 1. The maximum Gasteiger partial charge on any atom is 0.263 e. The van der Waals surface area contributed by atoms with E-state index in [2.05, 4.69) is 15.2 Å². The minimum Gasteiger partial charge on any atom is -0.379 e. The Morgan fingerprint density at radius 3 is 2.56 bits per heavy atom. The van der Waals surface area contributed by atoms with Gasteiger partial charge in [-0.15, -0.1) is 11.3 Å². The molecule has 0 aliphatic carbocycles. The summed E-state index contributed by atoms with van der Waals surface area (Å²) in [6.45, 7) is 4.12. The summed E-state index contributed by atoms with van der Waals surface area (Å²) in [5, 5.41) is 5.92. The number of ether oxygens (including phenoxy) is 1. The Morgan fingerprint density at radius 1 is 1.09 bits per heavy atom. The molecule has 1 fully saturated rings. The van der Waals surface area contributed by atoms with E-state index in [0.29, 0.717) is 20.9 Å². The van der Waals surface area contributed by atoms with Crippen LogP contribution in [0.2, 0.25) is 5.02 Å². The number of nitrogens with one attached hydrogen (secondary N) is 1. The Labute approximate surface area is 205 Å². The summed E-state index contributed by atoms with van der Waals surface area (Å²) in [4.78, 5) is 33.2.